The first kappa shape index (κ1) is 97.9. The van der Waals surface area contributed by atoms with E-state index in [1.165, 1.54) is 4.90 Å². The van der Waals surface area contributed by atoms with Crippen LogP contribution in [0.1, 0.15) is 195 Å². The average Bonchev–Trinajstić information content (AvgIpc) is 1.75. The number of nitrogens with one attached hydrogen (secondary N) is 11. The number of amides is 12. The smallest absolute Gasteiger partial charge is 0.326 e. The van der Waals surface area contributed by atoms with Crippen LogP contribution in [0.4, 0.5) is 0 Å². The molecule has 0 unspecified atom stereocenters. The Bertz CT molecular complexity index is 3540. The van der Waals surface area contributed by atoms with Crippen LogP contribution in [-0.4, -0.2) is 198 Å². The Balaban J connectivity index is 1.59. The maximum atomic E-state index is 15.1. The van der Waals surface area contributed by atoms with Crippen LogP contribution in [0, 0.1) is 29.6 Å². The third-order valence-corrected chi connectivity index (χ3v) is 20.1. The van der Waals surface area contributed by atoms with Gasteiger partial charge in [-0.3, -0.25) is 57.5 Å². The van der Waals surface area contributed by atoms with Crippen molar-refractivity contribution in [1.82, 2.24) is 63.4 Å². The molecule has 3 aromatic rings. The highest BCUT2D eigenvalue weighted by Crippen LogP contribution is 2.23. The van der Waals surface area contributed by atoms with Crippen molar-refractivity contribution in [3.8, 4) is 0 Å². The molecule has 13 atom stereocenters. The van der Waals surface area contributed by atoms with E-state index in [9.17, 15) is 62.6 Å². The van der Waals surface area contributed by atoms with Crippen molar-refractivity contribution in [2.45, 2.75) is 276 Å². The molecule has 3 aromatic carbocycles. The Kier molecular flexibility index (Phi) is 44.5. The normalized spacial score (nSPS) is 15.9. The van der Waals surface area contributed by atoms with Crippen LogP contribution in [-0.2, 0) is 81.6 Å². The summed E-state index contributed by atoms with van der Waals surface area (Å²) in [6.45, 7) is 19.3. The van der Waals surface area contributed by atoms with Gasteiger partial charge in [-0.05, 0) is 175 Å². The predicted octanol–water partition coefficient (Wildman–Crippen LogP) is 2.42. The van der Waals surface area contributed by atoms with Gasteiger partial charge in [0.05, 0.1) is 6.04 Å². The van der Waals surface area contributed by atoms with Gasteiger partial charge < -0.3 is 97.2 Å². The number of nitrogens with two attached hydrogens (primary N) is 5. The van der Waals surface area contributed by atoms with Crippen molar-refractivity contribution in [2.75, 3.05) is 32.7 Å². The van der Waals surface area contributed by atoms with Gasteiger partial charge in [-0.2, -0.15) is 0 Å². The van der Waals surface area contributed by atoms with E-state index in [0.717, 1.165) is 0 Å². The zero-order chi connectivity index (χ0) is 85.3. The van der Waals surface area contributed by atoms with Crippen molar-refractivity contribution in [1.29, 1.82) is 0 Å². The predicted molar refractivity (Wildman–Crippen MR) is 442 cm³/mol. The second-order valence-corrected chi connectivity index (χ2v) is 32.2. The standard InChI is InChI=1S/C84H135N17O14/c1-51(2)45-63(76(106)94-66(49-57-31-16-12-17-32-57)79(109)100-71(55(9)10)82(112)98-68(84(114)115)50-58-33-18-13-19-34-58)93-78(108)65(48-56-29-14-11-15-30-56)95-80(110)69-39-28-44-101(69)83(113)67(47-53(5)6)97-77(107)64(46-52(3)4)96-81(111)70(54(7)8)99-75(105)62(38-23-27-43-88)92-74(104)61(37-22-26-42-87)91-73(103)60(36-21-25-41-86)90-72(102)59(89)35-20-24-40-85/h11-19,29-34,51-55,59-71H,20-28,35-50,85-89H2,1-10H3,(H,90,102)(H,91,103)(H,92,104)(H,93,108)(H,94,106)(H,95,110)(H,96,111)(H,97,107)(H,98,112)(H,99,105)(H,100,109)(H,114,115)/t59-,60-,61-,62-,63-,64-,65-,66-,67-,68-,69-,70-,71-/m0/s1. The van der Waals surface area contributed by atoms with Gasteiger partial charge in [0.15, 0.2) is 0 Å². The van der Waals surface area contributed by atoms with Crippen LogP contribution < -0.4 is 87.2 Å². The molecule has 640 valence electrons. The molecule has 0 aliphatic carbocycles. The van der Waals surface area contributed by atoms with Gasteiger partial charge in [0, 0.05) is 25.8 Å². The number of nitrogens with zero attached hydrogens (tertiary/aromatic N) is 1. The number of carbonyl (C=O) groups is 13. The third kappa shape index (κ3) is 35.3. The number of carboxylic acids is 1. The summed E-state index contributed by atoms with van der Waals surface area (Å²) < 4.78 is 0. The summed E-state index contributed by atoms with van der Waals surface area (Å²) in [5, 5.41) is 41.1. The molecule has 1 heterocycles. The molecule has 1 aliphatic rings. The first-order valence-corrected chi connectivity index (χ1v) is 41.3. The lowest BCUT2D eigenvalue weighted by atomic mass is 9.97. The summed E-state index contributed by atoms with van der Waals surface area (Å²) in [5.74, 6) is -11.4. The summed E-state index contributed by atoms with van der Waals surface area (Å²) in [5.41, 5.74) is 31.3. The summed E-state index contributed by atoms with van der Waals surface area (Å²) >= 11 is 0. The Morgan fingerprint density at radius 3 is 1.03 bits per heavy atom. The third-order valence-electron chi connectivity index (χ3n) is 20.1. The lowest BCUT2D eigenvalue weighted by Crippen LogP contribution is -2.61. The van der Waals surface area contributed by atoms with Gasteiger partial charge in [-0.1, -0.05) is 167 Å². The second kappa shape index (κ2) is 52.2. The molecule has 0 aromatic heterocycles. The fourth-order valence-corrected chi connectivity index (χ4v) is 13.7. The van der Waals surface area contributed by atoms with Gasteiger partial charge >= 0.3 is 5.97 Å². The monoisotopic (exact) mass is 1610 g/mol. The van der Waals surface area contributed by atoms with Crippen molar-refractivity contribution >= 4 is 76.9 Å². The molecular weight excluding hydrogens is 1470 g/mol. The van der Waals surface area contributed by atoms with Crippen molar-refractivity contribution in [2.24, 2.45) is 58.3 Å². The van der Waals surface area contributed by atoms with E-state index in [1.54, 1.807) is 119 Å². The van der Waals surface area contributed by atoms with Crippen molar-refractivity contribution < 1.29 is 67.4 Å². The van der Waals surface area contributed by atoms with Crippen LogP contribution >= 0.6 is 0 Å². The molecule has 31 nitrogen and oxygen atoms in total. The highest BCUT2D eigenvalue weighted by atomic mass is 16.4. The Morgan fingerprint density at radius 2 is 0.652 bits per heavy atom. The molecule has 0 saturated carbocycles. The quantitative estimate of drug-likeness (QED) is 0.0361. The number of hydrogen-bond donors (Lipinski definition) is 17. The molecule has 22 N–H and O–H groups in total. The van der Waals surface area contributed by atoms with E-state index in [0.29, 0.717) is 101 Å². The molecule has 4 rings (SSSR count). The molecular formula is C84H135N17O14. The van der Waals surface area contributed by atoms with Crippen LogP contribution in [0.15, 0.2) is 91.0 Å². The number of carboxylic acid groups (broad SMARTS) is 1. The maximum Gasteiger partial charge on any atom is 0.326 e. The number of aliphatic carboxylic acids is 1. The summed E-state index contributed by atoms with van der Waals surface area (Å²) in [6.07, 6.45) is 5.52. The van der Waals surface area contributed by atoms with Crippen LogP contribution in [0.25, 0.3) is 0 Å². The molecule has 1 fully saturated rings. The number of rotatable bonds is 54. The van der Waals surface area contributed by atoms with Gasteiger partial charge in [-0.15, -0.1) is 0 Å². The van der Waals surface area contributed by atoms with E-state index in [1.807, 2.05) is 41.5 Å². The highest BCUT2D eigenvalue weighted by Gasteiger charge is 2.42. The lowest BCUT2D eigenvalue weighted by Gasteiger charge is -2.32. The minimum atomic E-state index is -1.34. The number of unbranched alkanes of at least 4 members (excludes halogenated alkanes) is 4. The molecule has 31 heteroatoms. The van der Waals surface area contributed by atoms with Crippen LogP contribution in [0.3, 0.4) is 0 Å². The zero-order valence-corrected chi connectivity index (χ0v) is 69.3. The molecule has 1 aliphatic heterocycles. The molecule has 0 bridgehead atoms. The maximum absolute atomic E-state index is 15.1. The van der Waals surface area contributed by atoms with E-state index in [-0.39, 0.29) is 95.1 Å². The van der Waals surface area contributed by atoms with E-state index < -0.39 is 167 Å². The van der Waals surface area contributed by atoms with Gasteiger partial charge in [0.1, 0.15) is 72.5 Å². The highest BCUT2D eigenvalue weighted by molar-refractivity contribution is 6.00. The SMILES string of the molecule is CC(C)C[C@H](NC(=O)[C@H](Cc1ccccc1)NC(=O)[C@@H]1CCCN1C(=O)[C@H](CC(C)C)NC(=O)[C@H](CC(C)C)NC(=O)[C@@H](NC(=O)[C@H](CCCCN)NC(=O)[C@H](CCCCN)NC(=O)[C@H](CCCCN)NC(=O)[C@@H](N)CCCCN)C(C)C)C(=O)N[C@@H](Cc1ccccc1)C(=O)N[C@H](C(=O)N[C@@H](Cc1ccccc1)C(=O)O)C(C)C. The summed E-state index contributed by atoms with van der Waals surface area (Å²) in [6, 6.07) is 10.6. The minimum Gasteiger partial charge on any atom is -0.480 e. The van der Waals surface area contributed by atoms with Gasteiger partial charge in [-0.25, -0.2) is 4.79 Å². The Hall–Kier alpha value is -9.43. The summed E-state index contributed by atoms with van der Waals surface area (Å²) in [4.78, 5) is 188. The number of carbonyl (C=O) groups excluding carboxylic acids is 12. The van der Waals surface area contributed by atoms with E-state index >= 15 is 4.79 Å². The Morgan fingerprint density at radius 1 is 0.357 bits per heavy atom. The van der Waals surface area contributed by atoms with E-state index in [4.69, 9.17) is 28.7 Å². The molecule has 115 heavy (non-hydrogen) atoms. The first-order valence-electron chi connectivity index (χ1n) is 41.3. The minimum absolute atomic E-state index is 0.0263. The van der Waals surface area contributed by atoms with Crippen LogP contribution in [0.5, 0.6) is 0 Å². The molecule has 0 spiro atoms. The topological polar surface area (TPSA) is 508 Å². The molecule has 1 saturated heterocycles. The number of hydrogen-bond acceptors (Lipinski definition) is 18. The largest absolute Gasteiger partial charge is 0.480 e. The second-order valence-electron chi connectivity index (χ2n) is 32.2. The fourth-order valence-electron chi connectivity index (χ4n) is 13.7. The van der Waals surface area contributed by atoms with Gasteiger partial charge in [0.25, 0.3) is 0 Å². The Labute approximate surface area is 679 Å². The lowest BCUT2D eigenvalue weighted by molar-refractivity contribution is -0.143. The molecule has 0 radical (unpaired) electrons. The number of benzene rings is 3. The summed E-state index contributed by atoms with van der Waals surface area (Å²) in [7, 11) is 0. The molecule has 12 amide bonds. The number of likely N-dealkylation sites (tertiary alicyclic amines) is 1. The fraction of sp³-hybridized carbons (Fsp3) is 0.631. The van der Waals surface area contributed by atoms with Crippen LogP contribution in [0.2, 0.25) is 0 Å². The van der Waals surface area contributed by atoms with Crippen molar-refractivity contribution in [3.63, 3.8) is 0 Å². The first-order chi connectivity index (χ1) is 54.7. The average molecular weight is 1610 g/mol. The van der Waals surface area contributed by atoms with Crippen molar-refractivity contribution in [3.05, 3.63) is 108 Å². The zero-order valence-electron chi connectivity index (χ0n) is 69.3. The van der Waals surface area contributed by atoms with Gasteiger partial charge in [0.2, 0.25) is 70.9 Å². The van der Waals surface area contributed by atoms with E-state index in [2.05, 4.69) is 58.5 Å².